The van der Waals surface area contributed by atoms with Gasteiger partial charge in [0.2, 0.25) is 0 Å². The fourth-order valence-corrected chi connectivity index (χ4v) is 3.73. The lowest BCUT2D eigenvalue weighted by molar-refractivity contribution is 0.599. The van der Waals surface area contributed by atoms with E-state index in [4.69, 9.17) is 5.73 Å². The molecule has 1 heterocycles. The first-order valence-electron chi connectivity index (χ1n) is 5.30. The van der Waals surface area contributed by atoms with Crippen LogP contribution in [0.25, 0.3) is 0 Å². The molecule has 0 aliphatic rings. The number of benzene rings is 1. The molecule has 0 saturated heterocycles. The van der Waals surface area contributed by atoms with Crippen molar-refractivity contribution in [2.75, 3.05) is 10.5 Å². The molecule has 0 saturated carbocycles. The van der Waals surface area contributed by atoms with Crippen LogP contribution in [0.4, 0.5) is 15.2 Å². The molecule has 0 aliphatic heterocycles. The van der Waals surface area contributed by atoms with Crippen LogP contribution < -0.4 is 10.5 Å². The SMILES string of the molecule is Cc1csc(NS(=O)(=O)c2cc(N)c(F)cc2C)n1. The summed E-state index contributed by atoms with van der Waals surface area (Å²) in [5.74, 6) is -0.637. The van der Waals surface area contributed by atoms with Gasteiger partial charge in [0.15, 0.2) is 5.13 Å². The van der Waals surface area contributed by atoms with Crippen molar-refractivity contribution in [1.29, 1.82) is 0 Å². The summed E-state index contributed by atoms with van der Waals surface area (Å²) in [5, 5.41) is 1.99. The number of hydrogen-bond acceptors (Lipinski definition) is 5. The second-order valence-corrected chi connectivity index (χ2v) is 6.55. The van der Waals surface area contributed by atoms with Gasteiger partial charge in [0.25, 0.3) is 10.0 Å². The van der Waals surface area contributed by atoms with Crippen LogP contribution in [0.3, 0.4) is 0 Å². The van der Waals surface area contributed by atoms with Gasteiger partial charge in [-0.3, -0.25) is 4.72 Å². The molecule has 0 spiro atoms. The Bertz CT molecular complexity index is 726. The molecular formula is C11H12FN3O2S2. The van der Waals surface area contributed by atoms with E-state index in [1.165, 1.54) is 18.3 Å². The molecule has 0 amide bonds. The van der Waals surface area contributed by atoms with Crippen molar-refractivity contribution in [2.45, 2.75) is 18.7 Å². The van der Waals surface area contributed by atoms with E-state index in [1.807, 2.05) is 0 Å². The number of nitrogen functional groups attached to an aromatic ring is 1. The van der Waals surface area contributed by atoms with E-state index in [0.29, 0.717) is 0 Å². The molecule has 3 N–H and O–H groups in total. The molecule has 1 aromatic heterocycles. The van der Waals surface area contributed by atoms with Gasteiger partial charge in [-0.05, 0) is 31.5 Å². The van der Waals surface area contributed by atoms with Crippen molar-refractivity contribution in [2.24, 2.45) is 0 Å². The van der Waals surface area contributed by atoms with Crippen LogP contribution in [0.2, 0.25) is 0 Å². The highest BCUT2D eigenvalue weighted by atomic mass is 32.2. The normalized spacial score (nSPS) is 11.5. The van der Waals surface area contributed by atoms with E-state index in [-0.39, 0.29) is 21.3 Å². The van der Waals surface area contributed by atoms with E-state index < -0.39 is 15.8 Å². The molecule has 0 radical (unpaired) electrons. The molecule has 0 atom stereocenters. The summed E-state index contributed by atoms with van der Waals surface area (Å²) >= 11 is 1.18. The second-order valence-electron chi connectivity index (χ2n) is 4.04. The third kappa shape index (κ3) is 2.85. The van der Waals surface area contributed by atoms with E-state index in [1.54, 1.807) is 12.3 Å². The molecule has 5 nitrogen and oxygen atoms in total. The van der Waals surface area contributed by atoms with Gasteiger partial charge >= 0.3 is 0 Å². The summed E-state index contributed by atoms with van der Waals surface area (Å²) in [6, 6.07) is 2.20. The zero-order valence-corrected chi connectivity index (χ0v) is 11.9. The molecule has 2 aromatic rings. The minimum Gasteiger partial charge on any atom is -0.396 e. The number of anilines is 2. The number of hydrogen-bond donors (Lipinski definition) is 2. The fraction of sp³-hybridized carbons (Fsp3) is 0.182. The van der Waals surface area contributed by atoms with Crippen LogP contribution >= 0.6 is 11.3 Å². The predicted octanol–water partition coefficient (Wildman–Crippen LogP) is 2.28. The summed E-state index contributed by atoms with van der Waals surface area (Å²) in [5.41, 5.74) is 6.20. The second kappa shape index (κ2) is 4.78. The minimum absolute atomic E-state index is 0.0562. The Hall–Kier alpha value is -1.67. The number of nitrogens with zero attached hydrogens (tertiary/aromatic N) is 1. The maximum Gasteiger partial charge on any atom is 0.264 e. The highest BCUT2D eigenvalue weighted by Crippen LogP contribution is 2.25. The molecule has 8 heteroatoms. The highest BCUT2D eigenvalue weighted by Gasteiger charge is 2.20. The van der Waals surface area contributed by atoms with Crippen LogP contribution in [-0.2, 0) is 10.0 Å². The van der Waals surface area contributed by atoms with Crippen molar-refractivity contribution in [3.05, 3.63) is 34.6 Å². The van der Waals surface area contributed by atoms with Crippen LogP contribution in [0.15, 0.2) is 22.4 Å². The van der Waals surface area contributed by atoms with Crippen LogP contribution in [0, 0.1) is 19.7 Å². The lowest BCUT2D eigenvalue weighted by atomic mass is 10.2. The predicted molar refractivity (Wildman–Crippen MR) is 73.2 cm³/mol. The van der Waals surface area contributed by atoms with Gasteiger partial charge in [-0.25, -0.2) is 17.8 Å². The average molecular weight is 301 g/mol. The molecule has 0 aliphatic carbocycles. The van der Waals surface area contributed by atoms with E-state index in [9.17, 15) is 12.8 Å². The largest absolute Gasteiger partial charge is 0.396 e. The maximum atomic E-state index is 13.2. The van der Waals surface area contributed by atoms with Crippen molar-refractivity contribution in [3.63, 3.8) is 0 Å². The first kappa shape index (κ1) is 13.8. The molecule has 2 rings (SSSR count). The van der Waals surface area contributed by atoms with E-state index in [2.05, 4.69) is 9.71 Å². The van der Waals surface area contributed by atoms with Gasteiger partial charge in [0.1, 0.15) is 5.82 Å². The highest BCUT2D eigenvalue weighted by molar-refractivity contribution is 7.93. The minimum atomic E-state index is -3.82. The number of sulfonamides is 1. The van der Waals surface area contributed by atoms with E-state index in [0.717, 1.165) is 17.8 Å². The van der Waals surface area contributed by atoms with Crippen LogP contribution in [-0.4, -0.2) is 13.4 Å². The number of aromatic nitrogens is 1. The average Bonchev–Trinajstić information content (AvgIpc) is 2.68. The quantitative estimate of drug-likeness (QED) is 0.852. The molecule has 0 unspecified atom stereocenters. The first-order valence-corrected chi connectivity index (χ1v) is 7.66. The van der Waals surface area contributed by atoms with E-state index >= 15 is 0 Å². The first-order chi connectivity index (χ1) is 8.79. The zero-order chi connectivity index (χ0) is 14.2. The van der Waals surface area contributed by atoms with Crippen molar-refractivity contribution >= 4 is 32.2 Å². The summed E-state index contributed by atoms with van der Waals surface area (Å²) in [6.07, 6.45) is 0. The third-order valence-electron chi connectivity index (χ3n) is 2.42. The lowest BCUT2D eigenvalue weighted by Gasteiger charge is -2.09. The van der Waals surface area contributed by atoms with Gasteiger partial charge in [0.05, 0.1) is 16.3 Å². The van der Waals surface area contributed by atoms with Gasteiger partial charge in [-0.1, -0.05) is 0 Å². The Balaban J connectivity index is 2.42. The van der Waals surface area contributed by atoms with Crippen LogP contribution in [0.5, 0.6) is 0 Å². The molecule has 102 valence electrons. The van der Waals surface area contributed by atoms with Gasteiger partial charge in [-0.15, -0.1) is 11.3 Å². The topological polar surface area (TPSA) is 85.1 Å². The number of rotatable bonds is 3. The number of nitrogens with two attached hydrogens (primary N) is 1. The number of halogens is 1. The Morgan fingerprint density at radius 3 is 2.63 bits per heavy atom. The Morgan fingerprint density at radius 1 is 1.37 bits per heavy atom. The molecule has 0 fully saturated rings. The Labute approximate surface area is 114 Å². The summed E-state index contributed by atoms with van der Waals surface area (Å²) in [4.78, 5) is 3.96. The summed E-state index contributed by atoms with van der Waals surface area (Å²) < 4.78 is 39.9. The van der Waals surface area contributed by atoms with Crippen molar-refractivity contribution in [1.82, 2.24) is 4.98 Å². The molecule has 0 bridgehead atoms. The van der Waals surface area contributed by atoms with Crippen LogP contribution in [0.1, 0.15) is 11.3 Å². The number of nitrogens with one attached hydrogen (secondary N) is 1. The fourth-order valence-electron chi connectivity index (χ4n) is 1.53. The molecule has 1 aromatic carbocycles. The lowest BCUT2D eigenvalue weighted by Crippen LogP contribution is -2.15. The number of thiazole rings is 1. The maximum absolute atomic E-state index is 13.2. The summed E-state index contributed by atoms with van der Waals surface area (Å²) in [7, 11) is -3.82. The monoisotopic (exact) mass is 301 g/mol. The molecular weight excluding hydrogens is 289 g/mol. The van der Waals surface area contributed by atoms with Gasteiger partial charge in [0, 0.05) is 5.38 Å². The smallest absolute Gasteiger partial charge is 0.264 e. The van der Waals surface area contributed by atoms with Crippen molar-refractivity contribution in [3.8, 4) is 0 Å². The Morgan fingerprint density at radius 2 is 2.05 bits per heavy atom. The zero-order valence-electron chi connectivity index (χ0n) is 10.3. The van der Waals surface area contributed by atoms with Gasteiger partial charge < -0.3 is 5.73 Å². The number of aryl methyl sites for hydroxylation is 2. The van der Waals surface area contributed by atoms with Crippen molar-refractivity contribution < 1.29 is 12.8 Å². The Kier molecular flexibility index (Phi) is 3.46. The molecule has 19 heavy (non-hydrogen) atoms. The standard InChI is InChI=1S/C11H12FN3O2S2/c1-6-3-8(12)9(13)4-10(6)19(16,17)15-11-14-7(2)5-18-11/h3-5H,13H2,1-2H3,(H,14,15). The third-order valence-corrected chi connectivity index (χ3v) is 4.91. The summed E-state index contributed by atoms with van der Waals surface area (Å²) in [6.45, 7) is 3.26. The van der Waals surface area contributed by atoms with Gasteiger partial charge in [-0.2, -0.15) is 0 Å².